The molecule has 0 spiro atoms. The third-order valence-electron chi connectivity index (χ3n) is 4.64. The summed E-state index contributed by atoms with van der Waals surface area (Å²) in [7, 11) is -3.44. The molecule has 2 aromatic rings. The van der Waals surface area contributed by atoms with Gasteiger partial charge in [0.25, 0.3) is 10.0 Å². The molecule has 0 saturated carbocycles. The van der Waals surface area contributed by atoms with Gasteiger partial charge in [0, 0.05) is 37.5 Å². The van der Waals surface area contributed by atoms with E-state index in [2.05, 4.69) is 0 Å². The zero-order chi connectivity index (χ0) is 18.6. The van der Waals surface area contributed by atoms with Crippen LogP contribution in [-0.4, -0.2) is 49.7 Å². The molecule has 0 atom stereocenters. The number of hydrogen-bond donors (Lipinski definition) is 0. The second-order valence-corrected chi connectivity index (χ2v) is 9.68. The number of benzene rings is 1. The minimum Gasteiger partial charge on any atom is -0.340 e. The molecule has 7 heteroatoms. The fraction of sp³-hybridized carbons (Fsp3) is 0.421. The minimum atomic E-state index is -3.44. The highest BCUT2D eigenvalue weighted by molar-refractivity contribution is 7.91. The first-order chi connectivity index (χ1) is 12.5. The summed E-state index contributed by atoms with van der Waals surface area (Å²) in [6.45, 7) is 3.65. The molecule has 0 aliphatic carbocycles. The van der Waals surface area contributed by atoms with Crippen LogP contribution in [0.2, 0.25) is 0 Å². The average Bonchev–Trinajstić information content (AvgIpc) is 3.17. The van der Waals surface area contributed by atoms with Crippen molar-refractivity contribution >= 4 is 27.3 Å². The number of sulfonamides is 1. The van der Waals surface area contributed by atoms with E-state index in [9.17, 15) is 13.2 Å². The highest BCUT2D eigenvalue weighted by Gasteiger charge is 2.30. The smallest absolute Gasteiger partial charge is 0.252 e. The van der Waals surface area contributed by atoms with Gasteiger partial charge in [-0.15, -0.1) is 11.3 Å². The van der Waals surface area contributed by atoms with E-state index in [-0.39, 0.29) is 5.91 Å². The molecule has 1 fully saturated rings. The molecule has 3 rings (SSSR count). The summed E-state index contributed by atoms with van der Waals surface area (Å²) in [6, 6.07) is 13.5. The van der Waals surface area contributed by atoms with Gasteiger partial charge in [0.2, 0.25) is 5.91 Å². The summed E-state index contributed by atoms with van der Waals surface area (Å²) >= 11 is 1.34. The van der Waals surface area contributed by atoms with Crippen LogP contribution < -0.4 is 0 Å². The Labute approximate surface area is 159 Å². The lowest BCUT2D eigenvalue weighted by atomic mass is 10.1. The average molecular weight is 393 g/mol. The summed E-state index contributed by atoms with van der Waals surface area (Å²) < 4.78 is 27.4. The Hall–Kier alpha value is -1.70. The van der Waals surface area contributed by atoms with E-state index in [1.54, 1.807) is 11.0 Å². The zero-order valence-electron chi connectivity index (χ0n) is 14.9. The lowest BCUT2D eigenvalue weighted by Crippen LogP contribution is -2.50. The van der Waals surface area contributed by atoms with Gasteiger partial charge in [-0.1, -0.05) is 37.3 Å². The van der Waals surface area contributed by atoms with E-state index in [1.165, 1.54) is 15.6 Å². The molecular formula is C19H24N2O3S2. The van der Waals surface area contributed by atoms with E-state index >= 15 is 0 Å². The molecule has 2 heterocycles. The summed E-state index contributed by atoms with van der Waals surface area (Å²) in [4.78, 5) is 15.2. The lowest BCUT2D eigenvalue weighted by Gasteiger charge is -2.33. The van der Waals surface area contributed by atoms with Crippen LogP contribution in [-0.2, 0) is 27.7 Å². The molecule has 1 aliphatic heterocycles. The van der Waals surface area contributed by atoms with Crippen LogP contribution in [0.5, 0.6) is 0 Å². The predicted octanol–water partition coefficient (Wildman–Crippen LogP) is 2.78. The van der Waals surface area contributed by atoms with Gasteiger partial charge >= 0.3 is 0 Å². The molecule has 1 aromatic carbocycles. The van der Waals surface area contributed by atoms with Crippen molar-refractivity contribution in [1.29, 1.82) is 0 Å². The van der Waals surface area contributed by atoms with Crippen LogP contribution in [0, 0.1) is 0 Å². The van der Waals surface area contributed by atoms with Gasteiger partial charge in [0.15, 0.2) is 0 Å². The van der Waals surface area contributed by atoms with Crippen LogP contribution >= 0.6 is 11.3 Å². The molecule has 0 N–H and O–H groups in total. The molecule has 1 saturated heterocycles. The van der Waals surface area contributed by atoms with Crippen molar-refractivity contribution < 1.29 is 13.2 Å². The van der Waals surface area contributed by atoms with Crippen LogP contribution in [0.15, 0.2) is 46.7 Å². The van der Waals surface area contributed by atoms with Crippen molar-refractivity contribution in [3.63, 3.8) is 0 Å². The van der Waals surface area contributed by atoms with E-state index < -0.39 is 10.0 Å². The first kappa shape index (κ1) is 19.1. The number of thiophene rings is 1. The van der Waals surface area contributed by atoms with Crippen molar-refractivity contribution in [2.24, 2.45) is 0 Å². The Morgan fingerprint density at radius 1 is 1.04 bits per heavy atom. The molecule has 0 unspecified atom stereocenters. The first-order valence-corrected chi connectivity index (χ1v) is 11.2. The fourth-order valence-corrected chi connectivity index (χ4v) is 5.92. The Morgan fingerprint density at radius 2 is 1.73 bits per heavy atom. The van der Waals surface area contributed by atoms with Crippen LogP contribution in [0.25, 0.3) is 0 Å². The van der Waals surface area contributed by atoms with Crippen LogP contribution in [0.4, 0.5) is 0 Å². The summed E-state index contributed by atoms with van der Waals surface area (Å²) in [5.41, 5.74) is 1.14. The third kappa shape index (κ3) is 4.34. The molecule has 26 heavy (non-hydrogen) atoms. The maximum absolute atomic E-state index is 12.7. The molecule has 1 aromatic heterocycles. The van der Waals surface area contributed by atoms with E-state index in [0.717, 1.165) is 16.9 Å². The Bertz CT molecular complexity index is 839. The molecule has 0 radical (unpaired) electrons. The Morgan fingerprint density at radius 3 is 2.35 bits per heavy atom. The van der Waals surface area contributed by atoms with Gasteiger partial charge in [-0.05, 0) is 30.5 Å². The highest BCUT2D eigenvalue weighted by atomic mass is 32.2. The monoisotopic (exact) mass is 392 g/mol. The lowest BCUT2D eigenvalue weighted by molar-refractivity contribution is -0.132. The van der Waals surface area contributed by atoms with Crippen molar-refractivity contribution in [1.82, 2.24) is 9.21 Å². The SMILES string of the molecule is CCc1ccc(S(=O)(=O)N2CCN(C(=O)CCc3ccccc3)CC2)s1. The van der Waals surface area contributed by atoms with E-state index in [4.69, 9.17) is 0 Å². The Balaban J connectivity index is 1.54. The van der Waals surface area contributed by atoms with E-state index in [0.29, 0.717) is 43.2 Å². The largest absolute Gasteiger partial charge is 0.340 e. The fourth-order valence-electron chi connectivity index (χ4n) is 3.05. The predicted molar refractivity (Wildman–Crippen MR) is 104 cm³/mol. The summed E-state index contributed by atoms with van der Waals surface area (Å²) in [5, 5.41) is 0. The maximum atomic E-state index is 12.7. The Kier molecular flexibility index (Phi) is 6.11. The molecule has 0 bridgehead atoms. The summed E-state index contributed by atoms with van der Waals surface area (Å²) in [6.07, 6.45) is 2.01. The standard InChI is InChI=1S/C19H24N2O3S2/c1-2-17-9-11-19(25-17)26(23,24)21-14-12-20(13-15-21)18(22)10-8-16-6-4-3-5-7-16/h3-7,9,11H,2,8,10,12-15H2,1H3. The van der Waals surface area contributed by atoms with Crippen molar-refractivity contribution in [3.05, 3.63) is 52.9 Å². The number of carbonyl (C=O) groups excluding carboxylic acids is 1. The normalized spacial score (nSPS) is 16.0. The first-order valence-electron chi connectivity index (χ1n) is 8.91. The quantitative estimate of drug-likeness (QED) is 0.760. The van der Waals surface area contributed by atoms with E-state index in [1.807, 2.05) is 43.3 Å². The van der Waals surface area contributed by atoms with Crippen molar-refractivity contribution in [2.45, 2.75) is 30.4 Å². The number of piperazine rings is 1. The number of aryl methyl sites for hydroxylation is 2. The van der Waals surface area contributed by atoms with Gasteiger partial charge < -0.3 is 4.90 Å². The maximum Gasteiger partial charge on any atom is 0.252 e. The zero-order valence-corrected chi connectivity index (χ0v) is 16.6. The number of nitrogens with zero attached hydrogens (tertiary/aromatic N) is 2. The van der Waals surface area contributed by atoms with Crippen LogP contribution in [0.1, 0.15) is 23.8 Å². The van der Waals surface area contributed by atoms with Crippen molar-refractivity contribution in [3.8, 4) is 0 Å². The van der Waals surface area contributed by atoms with Crippen molar-refractivity contribution in [2.75, 3.05) is 26.2 Å². The van der Waals surface area contributed by atoms with Gasteiger partial charge in [-0.2, -0.15) is 4.31 Å². The molecule has 140 valence electrons. The topological polar surface area (TPSA) is 57.7 Å². The van der Waals surface area contributed by atoms with Crippen LogP contribution in [0.3, 0.4) is 0 Å². The van der Waals surface area contributed by atoms with Gasteiger partial charge in [0.05, 0.1) is 0 Å². The van der Waals surface area contributed by atoms with Gasteiger partial charge in [-0.3, -0.25) is 4.79 Å². The minimum absolute atomic E-state index is 0.0929. The number of rotatable bonds is 6. The number of amides is 1. The van der Waals surface area contributed by atoms with Gasteiger partial charge in [0.1, 0.15) is 4.21 Å². The van der Waals surface area contributed by atoms with Gasteiger partial charge in [-0.25, -0.2) is 8.42 Å². The number of hydrogen-bond acceptors (Lipinski definition) is 4. The summed E-state index contributed by atoms with van der Waals surface area (Å²) in [5.74, 6) is 0.0929. The second-order valence-electron chi connectivity index (χ2n) is 6.34. The molecule has 1 aliphatic rings. The second kappa shape index (κ2) is 8.33. The molecule has 1 amide bonds. The molecule has 5 nitrogen and oxygen atoms in total. The number of carbonyl (C=O) groups is 1. The molecular weight excluding hydrogens is 368 g/mol. The highest BCUT2D eigenvalue weighted by Crippen LogP contribution is 2.26. The third-order valence-corrected chi connectivity index (χ3v) is 8.24.